The van der Waals surface area contributed by atoms with Gasteiger partial charge in [-0.2, -0.15) is 0 Å². The monoisotopic (exact) mass is 482 g/mol. The van der Waals surface area contributed by atoms with Crippen LogP contribution >= 0.6 is 27.7 Å². The zero-order valence-electron chi connectivity index (χ0n) is 16.7. The minimum absolute atomic E-state index is 0.0543. The van der Waals surface area contributed by atoms with Gasteiger partial charge < -0.3 is 10.2 Å². The van der Waals surface area contributed by atoms with Crippen molar-refractivity contribution in [1.82, 2.24) is 9.97 Å². The number of benzene rings is 2. The average Bonchev–Trinajstić information content (AvgIpc) is 2.77. The molecule has 1 atom stereocenters. The van der Waals surface area contributed by atoms with Crippen LogP contribution < -0.4 is 10.2 Å². The SMILES string of the molecule is Cc1ccc(Sc2nccnc2N2CCC[C@H](C(=O)Nc3ccc(Br)cc3)C2)cc1. The summed E-state index contributed by atoms with van der Waals surface area (Å²) < 4.78 is 0.991. The quantitative estimate of drug-likeness (QED) is 0.516. The molecule has 1 saturated heterocycles. The normalized spacial score (nSPS) is 16.3. The van der Waals surface area contributed by atoms with Gasteiger partial charge in [0.25, 0.3) is 0 Å². The Bertz CT molecular complexity index is 1010. The lowest BCUT2D eigenvalue weighted by Crippen LogP contribution is -2.41. The number of anilines is 2. The van der Waals surface area contributed by atoms with Crippen LogP contribution in [-0.2, 0) is 4.79 Å². The molecule has 1 amide bonds. The van der Waals surface area contributed by atoms with Gasteiger partial charge in [0, 0.05) is 40.5 Å². The summed E-state index contributed by atoms with van der Waals surface area (Å²) >= 11 is 5.03. The van der Waals surface area contributed by atoms with E-state index in [4.69, 9.17) is 0 Å². The van der Waals surface area contributed by atoms with Crippen molar-refractivity contribution in [1.29, 1.82) is 0 Å². The van der Waals surface area contributed by atoms with Crippen molar-refractivity contribution in [2.24, 2.45) is 5.92 Å². The molecule has 0 unspecified atom stereocenters. The zero-order chi connectivity index (χ0) is 20.9. The van der Waals surface area contributed by atoms with E-state index in [0.29, 0.717) is 6.54 Å². The molecule has 3 aromatic rings. The first-order valence-corrected chi connectivity index (χ1v) is 11.6. The number of carbonyl (C=O) groups is 1. The largest absolute Gasteiger partial charge is 0.354 e. The van der Waals surface area contributed by atoms with Crippen molar-refractivity contribution in [2.45, 2.75) is 29.7 Å². The Balaban J connectivity index is 1.47. The minimum Gasteiger partial charge on any atom is -0.354 e. The molecule has 5 nitrogen and oxygen atoms in total. The van der Waals surface area contributed by atoms with Crippen LogP contribution in [0.4, 0.5) is 11.5 Å². The van der Waals surface area contributed by atoms with Crippen LogP contribution in [0.25, 0.3) is 0 Å². The number of nitrogens with one attached hydrogen (secondary N) is 1. The van der Waals surface area contributed by atoms with Crippen molar-refractivity contribution in [2.75, 3.05) is 23.3 Å². The summed E-state index contributed by atoms with van der Waals surface area (Å²) in [6.45, 7) is 3.60. The van der Waals surface area contributed by atoms with Crippen molar-refractivity contribution >= 4 is 45.1 Å². The molecule has 0 spiro atoms. The Morgan fingerprint density at radius 2 is 1.83 bits per heavy atom. The van der Waals surface area contributed by atoms with Gasteiger partial charge >= 0.3 is 0 Å². The van der Waals surface area contributed by atoms with Gasteiger partial charge in [-0.25, -0.2) is 9.97 Å². The molecule has 4 rings (SSSR count). The summed E-state index contributed by atoms with van der Waals surface area (Å²) in [4.78, 5) is 25.3. The highest BCUT2D eigenvalue weighted by atomic mass is 79.9. The fraction of sp³-hybridized carbons (Fsp3) is 0.261. The van der Waals surface area contributed by atoms with Crippen molar-refractivity contribution in [3.63, 3.8) is 0 Å². The van der Waals surface area contributed by atoms with Crippen LogP contribution in [0, 0.1) is 12.8 Å². The molecule has 1 aliphatic heterocycles. The van der Waals surface area contributed by atoms with E-state index in [0.717, 1.165) is 45.3 Å². The van der Waals surface area contributed by atoms with Gasteiger partial charge in [0.15, 0.2) is 5.82 Å². The third-order valence-corrected chi connectivity index (χ3v) is 6.60. The van der Waals surface area contributed by atoms with Crippen molar-refractivity contribution in [3.8, 4) is 0 Å². The van der Waals surface area contributed by atoms with Gasteiger partial charge in [0.2, 0.25) is 5.91 Å². The maximum atomic E-state index is 12.8. The van der Waals surface area contributed by atoms with Gasteiger partial charge in [-0.3, -0.25) is 4.79 Å². The van der Waals surface area contributed by atoms with Crippen LogP contribution in [0.5, 0.6) is 0 Å². The van der Waals surface area contributed by atoms with E-state index in [1.165, 1.54) is 5.56 Å². The number of nitrogens with zero attached hydrogens (tertiary/aromatic N) is 3. The van der Waals surface area contributed by atoms with E-state index in [9.17, 15) is 4.79 Å². The Morgan fingerprint density at radius 3 is 2.60 bits per heavy atom. The standard InChI is InChI=1S/C23H23BrN4OS/c1-16-4-10-20(11-5-16)30-23-21(25-12-13-26-23)28-14-2-3-17(15-28)22(29)27-19-8-6-18(24)7-9-19/h4-13,17H,2-3,14-15H2,1H3,(H,27,29)/t17-/m0/s1. The Labute approximate surface area is 189 Å². The highest BCUT2D eigenvalue weighted by Gasteiger charge is 2.28. The second-order valence-electron chi connectivity index (χ2n) is 7.38. The van der Waals surface area contributed by atoms with Crippen LogP contribution in [0.1, 0.15) is 18.4 Å². The molecular formula is C23H23BrN4OS. The summed E-state index contributed by atoms with van der Waals surface area (Å²) in [5.74, 6) is 0.824. The molecule has 0 radical (unpaired) electrons. The van der Waals surface area contributed by atoms with Crippen LogP contribution in [-0.4, -0.2) is 29.0 Å². The number of aromatic nitrogens is 2. The first-order chi connectivity index (χ1) is 14.6. The highest BCUT2D eigenvalue weighted by Crippen LogP contribution is 2.34. The lowest BCUT2D eigenvalue weighted by molar-refractivity contribution is -0.120. The predicted molar refractivity (Wildman–Crippen MR) is 125 cm³/mol. The van der Waals surface area contributed by atoms with Gasteiger partial charge in [-0.1, -0.05) is 45.4 Å². The summed E-state index contributed by atoms with van der Waals surface area (Å²) in [7, 11) is 0. The summed E-state index contributed by atoms with van der Waals surface area (Å²) in [6.07, 6.45) is 5.27. The molecular weight excluding hydrogens is 460 g/mol. The molecule has 0 saturated carbocycles. The first-order valence-electron chi connectivity index (χ1n) is 9.95. The Kier molecular flexibility index (Phi) is 6.69. The van der Waals surface area contributed by atoms with E-state index >= 15 is 0 Å². The lowest BCUT2D eigenvalue weighted by atomic mass is 9.97. The fourth-order valence-electron chi connectivity index (χ4n) is 3.49. The fourth-order valence-corrected chi connectivity index (χ4v) is 4.63. The molecule has 0 aliphatic carbocycles. The smallest absolute Gasteiger partial charge is 0.229 e. The van der Waals surface area contributed by atoms with Crippen molar-refractivity contribution in [3.05, 3.63) is 71.0 Å². The van der Waals surface area contributed by atoms with E-state index < -0.39 is 0 Å². The molecule has 1 aliphatic rings. The maximum Gasteiger partial charge on any atom is 0.229 e. The summed E-state index contributed by atoms with van der Waals surface area (Å²) in [5.41, 5.74) is 2.05. The van der Waals surface area contributed by atoms with E-state index in [1.54, 1.807) is 24.2 Å². The number of halogens is 1. The lowest BCUT2D eigenvalue weighted by Gasteiger charge is -2.33. The minimum atomic E-state index is -0.0818. The molecule has 1 aromatic heterocycles. The van der Waals surface area contributed by atoms with Crippen LogP contribution in [0.15, 0.2) is 75.3 Å². The number of amides is 1. The summed E-state index contributed by atoms with van der Waals surface area (Å²) in [6, 6.07) is 16.1. The second kappa shape index (κ2) is 9.62. The van der Waals surface area contributed by atoms with Crippen molar-refractivity contribution < 1.29 is 4.79 Å². The van der Waals surface area contributed by atoms with Crippen LogP contribution in [0.3, 0.4) is 0 Å². The van der Waals surface area contributed by atoms with E-state index in [-0.39, 0.29) is 11.8 Å². The molecule has 30 heavy (non-hydrogen) atoms. The average molecular weight is 483 g/mol. The van der Waals surface area contributed by atoms with Gasteiger partial charge in [0.05, 0.1) is 5.92 Å². The molecule has 154 valence electrons. The number of hydrogen-bond acceptors (Lipinski definition) is 5. The van der Waals surface area contributed by atoms with E-state index in [1.807, 2.05) is 24.3 Å². The Hall–Kier alpha value is -2.38. The maximum absolute atomic E-state index is 12.8. The molecule has 1 fully saturated rings. The third-order valence-electron chi connectivity index (χ3n) is 5.09. The highest BCUT2D eigenvalue weighted by molar-refractivity contribution is 9.10. The van der Waals surface area contributed by atoms with Crippen LogP contribution in [0.2, 0.25) is 0 Å². The number of piperidine rings is 1. The zero-order valence-corrected chi connectivity index (χ0v) is 19.1. The second-order valence-corrected chi connectivity index (χ2v) is 9.36. The molecule has 7 heteroatoms. The molecule has 2 heterocycles. The molecule has 1 N–H and O–H groups in total. The summed E-state index contributed by atoms with van der Waals surface area (Å²) in [5, 5.41) is 3.91. The van der Waals surface area contributed by atoms with Gasteiger partial charge in [0.1, 0.15) is 5.03 Å². The predicted octanol–water partition coefficient (Wildman–Crippen LogP) is 5.55. The number of rotatable bonds is 5. The molecule has 0 bridgehead atoms. The van der Waals surface area contributed by atoms with E-state index in [2.05, 4.69) is 67.3 Å². The Morgan fingerprint density at radius 1 is 1.10 bits per heavy atom. The number of hydrogen-bond donors (Lipinski definition) is 1. The van der Waals surface area contributed by atoms with Gasteiger partial charge in [-0.15, -0.1) is 0 Å². The third kappa shape index (κ3) is 5.21. The first kappa shape index (κ1) is 20.9. The molecule has 2 aromatic carbocycles. The van der Waals surface area contributed by atoms with Gasteiger partial charge in [-0.05, 0) is 56.2 Å². The topological polar surface area (TPSA) is 58.1 Å². The number of aryl methyl sites for hydroxylation is 1. The number of carbonyl (C=O) groups excluding carboxylic acids is 1.